The van der Waals surface area contributed by atoms with Gasteiger partial charge in [0.25, 0.3) is 0 Å². The third kappa shape index (κ3) is 4.85. The Morgan fingerprint density at radius 1 is 1.09 bits per heavy atom. The Labute approximate surface area is 186 Å². The molecule has 0 spiro atoms. The van der Waals surface area contributed by atoms with Crippen molar-refractivity contribution in [1.82, 2.24) is 10.6 Å². The molecule has 1 unspecified atom stereocenters. The average Bonchev–Trinajstić information content (AvgIpc) is 3.25. The van der Waals surface area contributed by atoms with Crippen molar-refractivity contribution in [1.29, 1.82) is 0 Å². The normalized spacial score (nSPS) is 20.9. The standard InChI is InChI=1S/C24H29F3N4O/c1-28-23(30-19-9-12-31(15-19)22-20(26)3-2-4-21(22)27)29-16-24(10-13-32-14-11-24)17-5-7-18(25)8-6-17/h2-8,19H,9-16H2,1H3,(H2,28,29,30). The smallest absolute Gasteiger partial charge is 0.191 e. The molecule has 172 valence electrons. The van der Waals surface area contributed by atoms with E-state index in [0.717, 1.165) is 24.8 Å². The molecule has 1 atom stereocenters. The fourth-order valence-electron chi connectivity index (χ4n) is 4.65. The molecule has 2 aliphatic rings. The summed E-state index contributed by atoms with van der Waals surface area (Å²) in [5.41, 5.74) is 0.922. The fourth-order valence-corrected chi connectivity index (χ4v) is 4.65. The molecule has 5 nitrogen and oxygen atoms in total. The molecule has 2 N–H and O–H groups in total. The van der Waals surface area contributed by atoms with Crippen LogP contribution in [-0.2, 0) is 10.2 Å². The first kappa shape index (κ1) is 22.5. The third-order valence-electron chi connectivity index (χ3n) is 6.51. The van der Waals surface area contributed by atoms with Crippen LogP contribution in [0.4, 0.5) is 18.9 Å². The van der Waals surface area contributed by atoms with E-state index < -0.39 is 11.6 Å². The molecule has 2 aromatic carbocycles. The lowest BCUT2D eigenvalue weighted by molar-refractivity contribution is 0.0513. The van der Waals surface area contributed by atoms with Gasteiger partial charge in [-0.2, -0.15) is 0 Å². The first-order chi connectivity index (χ1) is 15.5. The van der Waals surface area contributed by atoms with Crippen LogP contribution in [0, 0.1) is 17.5 Å². The highest BCUT2D eigenvalue weighted by molar-refractivity contribution is 5.80. The van der Waals surface area contributed by atoms with Gasteiger partial charge >= 0.3 is 0 Å². The molecule has 0 aromatic heterocycles. The number of ether oxygens (including phenoxy) is 1. The molecule has 32 heavy (non-hydrogen) atoms. The molecule has 2 aliphatic heterocycles. The zero-order valence-corrected chi connectivity index (χ0v) is 18.2. The summed E-state index contributed by atoms with van der Waals surface area (Å²) in [6.45, 7) is 2.96. The van der Waals surface area contributed by atoms with Crippen LogP contribution >= 0.6 is 0 Å². The van der Waals surface area contributed by atoms with Crippen LogP contribution in [0.15, 0.2) is 47.5 Å². The van der Waals surface area contributed by atoms with Crippen LogP contribution in [0.1, 0.15) is 24.8 Å². The van der Waals surface area contributed by atoms with Gasteiger partial charge in [0.1, 0.15) is 23.1 Å². The summed E-state index contributed by atoms with van der Waals surface area (Å²) >= 11 is 0. The number of guanidine groups is 1. The molecular weight excluding hydrogens is 417 g/mol. The fraction of sp³-hybridized carbons (Fsp3) is 0.458. The van der Waals surface area contributed by atoms with Crippen molar-refractivity contribution in [2.24, 2.45) is 4.99 Å². The van der Waals surface area contributed by atoms with Crippen LogP contribution in [-0.4, -0.2) is 51.9 Å². The number of rotatable bonds is 5. The number of aliphatic imine (C=N–C) groups is 1. The minimum atomic E-state index is -0.547. The molecule has 4 rings (SSSR count). The Morgan fingerprint density at radius 3 is 2.44 bits per heavy atom. The predicted octanol–water partition coefficient (Wildman–Crippen LogP) is 3.60. The summed E-state index contributed by atoms with van der Waals surface area (Å²) in [4.78, 5) is 6.07. The molecule has 2 aromatic rings. The van der Waals surface area contributed by atoms with Crippen molar-refractivity contribution in [3.05, 3.63) is 65.5 Å². The molecule has 2 heterocycles. The van der Waals surface area contributed by atoms with Crippen LogP contribution in [0.3, 0.4) is 0 Å². The van der Waals surface area contributed by atoms with E-state index in [2.05, 4.69) is 15.6 Å². The number of hydrogen-bond donors (Lipinski definition) is 2. The maximum absolute atomic E-state index is 14.1. The van der Waals surface area contributed by atoms with Gasteiger partial charge in [-0.1, -0.05) is 18.2 Å². The number of para-hydroxylation sites is 1. The van der Waals surface area contributed by atoms with Gasteiger partial charge < -0.3 is 20.3 Å². The summed E-state index contributed by atoms with van der Waals surface area (Å²) in [7, 11) is 1.70. The SMILES string of the molecule is CN=C(NCC1(c2ccc(F)cc2)CCOCC1)NC1CCN(c2c(F)cccc2F)C1. The van der Waals surface area contributed by atoms with Gasteiger partial charge in [0, 0.05) is 51.4 Å². The molecule has 0 aliphatic carbocycles. The quantitative estimate of drug-likeness (QED) is 0.545. The highest BCUT2D eigenvalue weighted by Crippen LogP contribution is 2.34. The molecule has 0 saturated carbocycles. The zero-order valence-electron chi connectivity index (χ0n) is 18.2. The van der Waals surface area contributed by atoms with E-state index >= 15 is 0 Å². The monoisotopic (exact) mass is 446 g/mol. The van der Waals surface area contributed by atoms with E-state index in [-0.39, 0.29) is 23.0 Å². The number of anilines is 1. The Kier molecular flexibility index (Phi) is 6.89. The first-order valence-electron chi connectivity index (χ1n) is 11.0. The van der Waals surface area contributed by atoms with Gasteiger partial charge in [0.15, 0.2) is 5.96 Å². The zero-order chi connectivity index (χ0) is 22.6. The second-order valence-electron chi connectivity index (χ2n) is 8.47. The summed E-state index contributed by atoms with van der Waals surface area (Å²) < 4.78 is 47.3. The third-order valence-corrected chi connectivity index (χ3v) is 6.51. The van der Waals surface area contributed by atoms with Gasteiger partial charge in [-0.3, -0.25) is 4.99 Å². The maximum Gasteiger partial charge on any atom is 0.191 e. The van der Waals surface area contributed by atoms with Crippen molar-refractivity contribution in [3.8, 4) is 0 Å². The summed E-state index contributed by atoms with van der Waals surface area (Å²) in [6, 6.07) is 10.6. The molecule has 8 heteroatoms. The molecule has 2 fully saturated rings. The number of nitrogens with zero attached hydrogens (tertiary/aromatic N) is 2. The van der Waals surface area contributed by atoms with Gasteiger partial charge in [-0.15, -0.1) is 0 Å². The second-order valence-corrected chi connectivity index (χ2v) is 8.47. The van der Waals surface area contributed by atoms with E-state index in [1.54, 1.807) is 11.9 Å². The van der Waals surface area contributed by atoms with E-state index in [1.807, 2.05) is 12.1 Å². The van der Waals surface area contributed by atoms with E-state index in [0.29, 0.717) is 38.8 Å². The van der Waals surface area contributed by atoms with Crippen molar-refractivity contribution >= 4 is 11.6 Å². The van der Waals surface area contributed by atoms with Crippen LogP contribution in [0.25, 0.3) is 0 Å². The van der Waals surface area contributed by atoms with Gasteiger partial charge in [0.2, 0.25) is 0 Å². The Balaban J connectivity index is 1.40. The number of hydrogen-bond acceptors (Lipinski definition) is 3. The Hall–Kier alpha value is -2.74. The minimum Gasteiger partial charge on any atom is -0.381 e. The Morgan fingerprint density at radius 2 is 1.78 bits per heavy atom. The van der Waals surface area contributed by atoms with Crippen molar-refractivity contribution in [2.45, 2.75) is 30.7 Å². The number of halogens is 3. The number of benzene rings is 2. The highest BCUT2D eigenvalue weighted by Gasteiger charge is 2.35. The van der Waals surface area contributed by atoms with Crippen molar-refractivity contribution < 1.29 is 17.9 Å². The van der Waals surface area contributed by atoms with Crippen molar-refractivity contribution in [2.75, 3.05) is 44.8 Å². The topological polar surface area (TPSA) is 48.9 Å². The molecule has 0 radical (unpaired) electrons. The second kappa shape index (κ2) is 9.81. The van der Waals surface area contributed by atoms with Gasteiger partial charge in [-0.25, -0.2) is 13.2 Å². The van der Waals surface area contributed by atoms with E-state index in [4.69, 9.17) is 4.74 Å². The Bertz CT molecular complexity index is 925. The molecule has 0 bridgehead atoms. The van der Waals surface area contributed by atoms with E-state index in [9.17, 15) is 13.2 Å². The van der Waals surface area contributed by atoms with Gasteiger partial charge in [-0.05, 0) is 49.1 Å². The lowest BCUT2D eigenvalue weighted by atomic mass is 9.74. The van der Waals surface area contributed by atoms with Gasteiger partial charge in [0.05, 0.1) is 0 Å². The lowest BCUT2D eigenvalue weighted by Crippen LogP contribution is -2.50. The molecule has 0 amide bonds. The van der Waals surface area contributed by atoms with Crippen molar-refractivity contribution in [3.63, 3.8) is 0 Å². The van der Waals surface area contributed by atoms with Crippen LogP contribution < -0.4 is 15.5 Å². The summed E-state index contributed by atoms with van der Waals surface area (Å²) in [5.74, 6) is -0.708. The largest absolute Gasteiger partial charge is 0.381 e. The predicted molar refractivity (Wildman–Crippen MR) is 120 cm³/mol. The molecular formula is C24H29F3N4O. The van der Waals surface area contributed by atoms with Crippen LogP contribution in [0.2, 0.25) is 0 Å². The van der Waals surface area contributed by atoms with Crippen LogP contribution in [0.5, 0.6) is 0 Å². The molecule has 2 saturated heterocycles. The maximum atomic E-state index is 14.1. The summed E-state index contributed by atoms with van der Waals surface area (Å²) in [6.07, 6.45) is 2.39. The number of nitrogens with one attached hydrogen (secondary N) is 2. The average molecular weight is 447 g/mol. The summed E-state index contributed by atoms with van der Waals surface area (Å²) in [5, 5.41) is 6.80. The van der Waals surface area contributed by atoms with E-state index in [1.165, 1.54) is 30.3 Å². The first-order valence-corrected chi connectivity index (χ1v) is 11.0. The lowest BCUT2D eigenvalue weighted by Gasteiger charge is -2.38. The highest BCUT2D eigenvalue weighted by atomic mass is 19.1. The minimum absolute atomic E-state index is 0.0108.